The van der Waals surface area contributed by atoms with Crippen molar-refractivity contribution in [2.75, 3.05) is 19.6 Å². The number of amides is 1. The van der Waals surface area contributed by atoms with Gasteiger partial charge in [0.05, 0.1) is 6.54 Å². The number of nitrogens with zero attached hydrogens (tertiary/aromatic N) is 1. The minimum atomic E-state index is -0.314. The highest BCUT2D eigenvalue weighted by Crippen LogP contribution is 2.15. The molecule has 1 aromatic rings. The normalized spacial score (nSPS) is 17.3. The van der Waals surface area contributed by atoms with Crippen LogP contribution in [0.2, 0.25) is 5.02 Å². The Hall–Kier alpha value is -1.17. The lowest BCUT2D eigenvalue weighted by atomic mass is 10.0. The van der Waals surface area contributed by atoms with E-state index in [2.05, 4.69) is 10.2 Å². The molecule has 0 aromatic heterocycles. The number of hydrogen-bond acceptors (Lipinski definition) is 3. The van der Waals surface area contributed by atoms with E-state index >= 15 is 0 Å². The molecule has 0 spiro atoms. The van der Waals surface area contributed by atoms with Gasteiger partial charge in [-0.3, -0.25) is 9.69 Å². The first kappa shape index (κ1) is 15.2. The van der Waals surface area contributed by atoms with Crippen molar-refractivity contribution in [2.45, 2.75) is 25.4 Å². The van der Waals surface area contributed by atoms with Crippen LogP contribution in [0.25, 0.3) is 0 Å². The van der Waals surface area contributed by atoms with Crippen molar-refractivity contribution in [1.82, 2.24) is 10.2 Å². The summed E-state index contributed by atoms with van der Waals surface area (Å²) in [6, 6.07) is 4.93. The molecule has 4 nitrogen and oxygen atoms in total. The molecular formula is C14H19ClFN3O. The Morgan fingerprint density at radius 3 is 2.70 bits per heavy atom. The van der Waals surface area contributed by atoms with E-state index in [-0.39, 0.29) is 11.7 Å². The van der Waals surface area contributed by atoms with Crippen molar-refractivity contribution in [3.63, 3.8) is 0 Å². The van der Waals surface area contributed by atoms with Gasteiger partial charge in [-0.15, -0.1) is 0 Å². The van der Waals surface area contributed by atoms with Gasteiger partial charge in [-0.25, -0.2) is 4.39 Å². The summed E-state index contributed by atoms with van der Waals surface area (Å²) < 4.78 is 13.2. The van der Waals surface area contributed by atoms with E-state index in [0.717, 1.165) is 31.5 Å². The number of halogens is 2. The highest BCUT2D eigenvalue weighted by Gasteiger charge is 2.19. The summed E-state index contributed by atoms with van der Waals surface area (Å²) in [4.78, 5) is 12.9. The third-order valence-electron chi connectivity index (χ3n) is 3.48. The Bertz CT molecular complexity index is 455. The van der Waals surface area contributed by atoms with Gasteiger partial charge < -0.3 is 11.1 Å². The molecule has 1 aliphatic heterocycles. The second-order valence-electron chi connectivity index (χ2n) is 5.18. The Labute approximate surface area is 123 Å². The number of primary amides is 1. The van der Waals surface area contributed by atoms with E-state index in [1.165, 1.54) is 12.1 Å². The highest BCUT2D eigenvalue weighted by molar-refractivity contribution is 6.30. The number of carbonyl (C=O) groups excluding carboxylic acids is 1. The fourth-order valence-corrected chi connectivity index (χ4v) is 2.74. The number of hydrogen-bond donors (Lipinski definition) is 2. The summed E-state index contributed by atoms with van der Waals surface area (Å²) >= 11 is 5.82. The zero-order valence-corrected chi connectivity index (χ0v) is 12.0. The summed E-state index contributed by atoms with van der Waals surface area (Å²) in [5, 5.41) is 3.81. The maximum atomic E-state index is 13.2. The van der Waals surface area contributed by atoms with Crippen LogP contribution in [0.1, 0.15) is 18.4 Å². The predicted octanol–water partition coefficient (Wildman–Crippen LogP) is 1.52. The van der Waals surface area contributed by atoms with Crippen molar-refractivity contribution in [3.8, 4) is 0 Å². The molecule has 0 aliphatic carbocycles. The van der Waals surface area contributed by atoms with Crippen LogP contribution in [0.4, 0.5) is 4.39 Å². The number of benzene rings is 1. The lowest BCUT2D eigenvalue weighted by molar-refractivity contribution is -0.119. The first-order valence-electron chi connectivity index (χ1n) is 6.72. The minimum absolute atomic E-state index is 0.286. The number of nitrogens with one attached hydrogen (secondary N) is 1. The monoisotopic (exact) mass is 299 g/mol. The van der Waals surface area contributed by atoms with Gasteiger partial charge in [-0.1, -0.05) is 11.6 Å². The highest BCUT2D eigenvalue weighted by atomic mass is 35.5. The molecule has 1 aromatic carbocycles. The van der Waals surface area contributed by atoms with Gasteiger partial charge in [-0.2, -0.15) is 0 Å². The van der Waals surface area contributed by atoms with E-state index in [4.69, 9.17) is 17.3 Å². The van der Waals surface area contributed by atoms with E-state index < -0.39 is 0 Å². The number of nitrogens with two attached hydrogens (primary N) is 1. The minimum Gasteiger partial charge on any atom is -0.369 e. The largest absolute Gasteiger partial charge is 0.369 e. The average Bonchev–Trinajstić information content (AvgIpc) is 2.36. The molecule has 0 radical (unpaired) electrons. The fourth-order valence-electron chi connectivity index (χ4n) is 2.49. The van der Waals surface area contributed by atoms with E-state index in [0.29, 0.717) is 24.2 Å². The quantitative estimate of drug-likeness (QED) is 0.867. The van der Waals surface area contributed by atoms with Crippen molar-refractivity contribution >= 4 is 17.5 Å². The Balaban J connectivity index is 1.77. The maximum absolute atomic E-state index is 13.2. The second-order valence-corrected chi connectivity index (χ2v) is 5.61. The van der Waals surface area contributed by atoms with E-state index in [1.807, 2.05) is 0 Å². The molecule has 1 heterocycles. The Kier molecular flexibility index (Phi) is 5.34. The standard InChI is InChI=1S/C14H19ClFN3O/c15-11-5-10(6-12(16)7-11)8-18-13-1-3-19(4-2-13)9-14(17)20/h5-7,13,18H,1-4,8-9H2,(H2,17,20). The summed E-state index contributed by atoms with van der Waals surface area (Å²) in [7, 11) is 0. The molecule has 0 atom stereocenters. The van der Waals surface area contributed by atoms with Crippen LogP contribution >= 0.6 is 11.6 Å². The number of piperidine rings is 1. The van der Waals surface area contributed by atoms with Gasteiger partial charge in [-0.05, 0) is 36.6 Å². The zero-order chi connectivity index (χ0) is 14.5. The molecule has 0 bridgehead atoms. The second kappa shape index (κ2) is 7.02. The van der Waals surface area contributed by atoms with Crippen LogP contribution in [-0.4, -0.2) is 36.5 Å². The van der Waals surface area contributed by atoms with Gasteiger partial charge in [0.25, 0.3) is 0 Å². The SMILES string of the molecule is NC(=O)CN1CCC(NCc2cc(F)cc(Cl)c2)CC1. The number of rotatable bonds is 5. The molecule has 0 saturated carbocycles. The van der Waals surface area contributed by atoms with E-state index in [1.54, 1.807) is 6.07 Å². The van der Waals surface area contributed by atoms with Crippen LogP contribution < -0.4 is 11.1 Å². The molecule has 2 rings (SSSR count). The summed E-state index contributed by atoms with van der Waals surface area (Å²) in [6.45, 7) is 2.62. The lowest BCUT2D eigenvalue weighted by Crippen LogP contribution is -2.45. The lowest BCUT2D eigenvalue weighted by Gasteiger charge is -2.31. The molecule has 20 heavy (non-hydrogen) atoms. The van der Waals surface area contributed by atoms with E-state index in [9.17, 15) is 9.18 Å². The topological polar surface area (TPSA) is 58.4 Å². The fraction of sp³-hybridized carbons (Fsp3) is 0.500. The van der Waals surface area contributed by atoms with Crippen LogP contribution in [0.15, 0.2) is 18.2 Å². The molecule has 1 amide bonds. The molecule has 6 heteroatoms. The maximum Gasteiger partial charge on any atom is 0.231 e. The van der Waals surface area contributed by atoms with Crippen LogP contribution in [0.5, 0.6) is 0 Å². The first-order chi connectivity index (χ1) is 9.52. The summed E-state index contributed by atoms with van der Waals surface area (Å²) in [6.07, 6.45) is 1.91. The van der Waals surface area contributed by atoms with Crippen LogP contribution in [0.3, 0.4) is 0 Å². The van der Waals surface area contributed by atoms with Gasteiger partial charge in [0, 0.05) is 30.7 Å². The summed E-state index contributed by atoms with van der Waals surface area (Å²) in [5.41, 5.74) is 6.02. The van der Waals surface area contributed by atoms with Gasteiger partial charge in [0.2, 0.25) is 5.91 Å². The van der Waals surface area contributed by atoms with Crippen LogP contribution in [-0.2, 0) is 11.3 Å². The van der Waals surface area contributed by atoms with Crippen molar-refractivity contribution in [3.05, 3.63) is 34.6 Å². The molecule has 110 valence electrons. The summed E-state index contributed by atoms with van der Waals surface area (Å²) in [5.74, 6) is -0.601. The molecule has 1 fully saturated rings. The molecule has 1 aliphatic rings. The Morgan fingerprint density at radius 1 is 1.40 bits per heavy atom. The number of carbonyl (C=O) groups is 1. The number of likely N-dealkylation sites (tertiary alicyclic amines) is 1. The Morgan fingerprint density at radius 2 is 2.10 bits per heavy atom. The molecule has 1 saturated heterocycles. The van der Waals surface area contributed by atoms with Crippen molar-refractivity contribution in [1.29, 1.82) is 0 Å². The molecular weight excluding hydrogens is 281 g/mol. The van der Waals surface area contributed by atoms with Gasteiger partial charge in [0.1, 0.15) is 5.82 Å². The predicted molar refractivity (Wildman–Crippen MR) is 76.9 cm³/mol. The van der Waals surface area contributed by atoms with Crippen molar-refractivity contribution < 1.29 is 9.18 Å². The molecule has 0 unspecified atom stereocenters. The smallest absolute Gasteiger partial charge is 0.231 e. The van der Waals surface area contributed by atoms with Crippen LogP contribution in [0, 0.1) is 5.82 Å². The van der Waals surface area contributed by atoms with Gasteiger partial charge >= 0.3 is 0 Å². The van der Waals surface area contributed by atoms with Crippen molar-refractivity contribution in [2.24, 2.45) is 5.73 Å². The average molecular weight is 300 g/mol. The zero-order valence-electron chi connectivity index (χ0n) is 11.2. The van der Waals surface area contributed by atoms with Gasteiger partial charge in [0.15, 0.2) is 0 Å². The third-order valence-corrected chi connectivity index (χ3v) is 3.70. The third kappa shape index (κ3) is 4.74. The molecule has 3 N–H and O–H groups in total. The first-order valence-corrected chi connectivity index (χ1v) is 7.10.